The highest BCUT2D eigenvalue weighted by Crippen LogP contribution is 2.28. The summed E-state index contributed by atoms with van der Waals surface area (Å²) in [4.78, 5) is 0. The standard InChI is InChI=1S/C15H25N/c1-6-12(10-16)14-8-7-13(9-11(14)2)15(3,4)5/h7-9,12H,6,10,16H2,1-5H3. The first kappa shape index (κ1) is 13.2. The van der Waals surface area contributed by atoms with Crippen molar-refractivity contribution in [2.45, 2.75) is 52.4 Å². The molecular formula is C15H25N. The van der Waals surface area contributed by atoms with Gasteiger partial charge in [0.1, 0.15) is 0 Å². The second kappa shape index (κ2) is 5.01. The lowest BCUT2D eigenvalue weighted by Gasteiger charge is -2.22. The van der Waals surface area contributed by atoms with E-state index < -0.39 is 0 Å². The molecule has 0 aliphatic rings. The molecule has 0 fully saturated rings. The molecule has 0 radical (unpaired) electrons. The van der Waals surface area contributed by atoms with E-state index in [1.807, 2.05) is 0 Å². The minimum Gasteiger partial charge on any atom is -0.330 e. The second-order valence-electron chi connectivity index (χ2n) is 5.66. The molecule has 0 heterocycles. The van der Waals surface area contributed by atoms with Gasteiger partial charge in [-0.3, -0.25) is 0 Å². The van der Waals surface area contributed by atoms with E-state index in [4.69, 9.17) is 5.73 Å². The lowest BCUT2D eigenvalue weighted by atomic mass is 9.83. The Hall–Kier alpha value is -0.820. The summed E-state index contributed by atoms with van der Waals surface area (Å²) < 4.78 is 0. The van der Waals surface area contributed by atoms with E-state index in [1.165, 1.54) is 16.7 Å². The van der Waals surface area contributed by atoms with Gasteiger partial charge in [-0.25, -0.2) is 0 Å². The summed E-state index contributed by atoms with van der Waals surface area (Å²) in [5, 5.41) is 0. The summed E-state index contributed by atoms with van der Waals surface area (Å²) >= 11 is 0. The van der Waals surface area contributed by atoms with Crippen LogP contribution in [0, 0.1) is 6.92 Å². The Kier molecular flexibility index (Phi) is 4.15. The van der Waals surface area contributed by atoms with Crippen molar-refractivity contribution in [1.82, 2.24) is 0 Å². The molecule has 0 spiro atoms. The van der Waals surface area contributed by atoms with Gasteiger partial charge in [0.25, 0.3) is 0 Å². The molecule has 1 atom stereocenters. The van der Waals surface area contributed by atoms with Crippen molar-refractivity contribution in [1.29, 1.82) is 0 Å². The first-order valence-corrected chi connectivity index (χ1v) is 6.21. The molecule has 90 valence electrons. The normalized spacial score (nSPS) is 13.9. The van der Waals surface area contributed by atoms with Gasteiger partial charge in [-0.15, -0.1) is 0 Å². The number of nitrogens with two attached hydrogens (primary N) is 1. The van der Waals surface area contributed by atoms with Crippen LogP contribution < -0.4 is 5.73 Å². The quantitative estimate of drug-likeness (QED) is 0.823. The van der Waals surface area contributed by atoms with Gasteiger partial charge in [-0.05, 0) is 47.9 Å². The molecule has 2 N–H and O–H groups in total. The molecule has 0 aliphatic carbocycles. The van der Waals surface area contributed by atoms with Crippen LogP contribution in [0.3, 0.4) is 0 Å². The van der Waals surface area contributed by atoms with E-state index in [2.05, 4.69) is 52.8 Å². The maximum Gasteiger partial charge on any atom is -0.000824 e. The van der Waals surface area contributed by atoms with Crippen molar-refractivity contribution in [2.24, 2.45) is 5.73 Å². The summed E-state index contributed by atoms with van der Waals surface area (Å²) in [5.74, 6) is 0.508. The van der Waals surface area contributed by atoms with Gasteiger partial charge < -0.3 is 5.73 Å². The van der Waals surface area contributed by atoms with Crippen molar-refractivity contribution in [2.75, 3.05) is 6.54 Å². The van der Waals surface area contributed by atoms with Crippen molar-refractivity contribution in [3.05, 3.63) is 34.9 Å². The molecule has 1 aromatic carbocycles. The van der Waals surface area contributed by atoms with E-state index >= 15 is 0 Å². The SMILES string of the molecule is CCC(CN)c1ccc(C(C)(C)C)cc1C. The Morgan fingerprint density at radius 3 is 2.25 bits per heavy atom. The molecule has 1 heteroatoms. The number of hydrogen-bond donors (Lipinski definition) is 1. The van der Waals surface area contributed by atoms with E-state index in [0.717, 1.165) is 13.0 Å². The highest BCUT2D eigenvalue weighted by atomic mass is 14.5. The Balaban J connectivity index is 3.09. The van der Waals surface area contributed by atoms with Gasteiger partial charge in [-0.1, -0.05) is 45.9 Å². The van der Waals surface area contributed by atoms with Gasteiger partial charge in [0.15, 0.2) is 0 Å². The first-order chi connectivity index (χ1) is 7.40. The highest BCUT2D eigenvalue weighted by molar-refractivity contribution is 5.36. The van der Waals surface area contributed by atoms with Crippen LogP contribution in [-0.4, -0.2) is 6.54 Å². The summed E-state index contributed by atoms with van der Waals surface area (Å²) in [6, 6.07) is 6.82. The average Bonchev–Trinajstić information content (AvgIpc) is 2.20. The Labute approximate surface area is 100 Å². The zero-order valence-electron chi connectivity index (χ0n) is 11.3. The van der Waals surface area contributed by atoms with Crippen LogP contribution in [-0.2, 0) is 5.41 Å². The zero-order chi connectivity index (χ0) is 12.3. The maximum atomic E-state index is 5.81. The number of hydrogen-bond acceptors (Lipinski definition) is 1. The van der Waals surface area contributed by atoms with Crippen molar-refractivity contribution in [3.8, 4) is 0 Å². The Morgan fingerprint density at radius 2 is 1.88 bits per heavy atom. The molecule has 0 amide bonds. The third kappa shape index (κ3) is 2.85. The van der Waals surface area contributed by atoms with Crippen molar-refractivity contribution >= 4 is 0 Å². The Morgan fingerprint density at radius 1 is 1.25 bits per heavy atom. The van der Waals surface area contributed by atoms with Crippen molar-refractivity contribution in [3.63, 3.8) is 0 Å². The molecule has 0 saturated heterocycles. The lowest BCUT2D eigenvalue weighted by molar-refractivity contribution is 0.588. The number of benzene rings is 1. The zero-order valence-corrected chi connectivity index (χ0v) is 11.3. The van der Waals surface area contributed by atoms with Crippen LogP contribution in [0.1, 0.15) is 56.7 Å². The molecule has 0 aliphatic heterocycles. The van der Waals surface area contributed by atoms with Crippen LogP contribution in [0.2, 0.25) is 0 Å². The summed E-state index contributed by atoms with van der Waals surface area (Å²) in [6.07, 6.45) is 1.12. The topological polar surface area (TPSA) is 26.0 Å². The molecule has 16 heavy (non-hydrogen) atoms. The predicted octanol–water partition coefficient (Wildman–Crippen LogP) is 3.74. The average molecular weight is 219 g/mol. The monoisotopic (exact) mass is 219 g/mol. The third-order valence-corrected chi connectivity index (χ3v) is 3.35. The Bertz CT molecular complexity index is 343. The molecule has 1 aromatic rings. The molecule has 0 saturated carbocycles. The molecule has 1 nitrogen and oxygen atoms in total. The molecule has 0 bridgehead atoms. The van der Waals surface area contributed by atoms with E-state index in [1.54, 1.807) is 0 Å². The largest absolute Gasteiger partial charge is 0.330 e. The van der Waals surface area contributed by atoms with Crippen LogP contribution in [0.4, 0.5) is 0 Å². The predicted molar refractivity (Wildman–Crippen MR) is 72.0 cm³/mol. The van der Waals surface area contributed by atoms with E-state index in [0.29, 0.717) is 5.92 Å². The fraction of sp³-hybridized carbons (Fsp3) is 0.600. The smallest absolute Gasteiger partial charge is 0.000824 e. The highest BCUT2D eigenvalue weighted by Gasteiger charge is 2.16. The fourth-order valence-corrected chi connectivity index (χ4v) is 2.11. The third-order valence-electron chi connectivity index (χ3n) is 3.35. The minimum absolute atomic E-state index is 0.230. The molecule has 1 unspecified atom stereocenters. The van der Waals surface area contributed by atoms with Crippen LogP contribution >= 0.6 is 0 Å². The van der Waals surface area contributed by atoms with E-state index in [9.17, 15) is 0 Å². The molecular weight excluding hydrogens is 194 g/mol. The number of rotatable bonds is 3. The van der Waals surface area contributed by atoms with Crippen LogP contribution in [0.25, 0.3) is 0 Å². The van der Waals surface area contributed by atoms with Gasteiger partial charge in [0, 0.05) is 0 Å². The van der Waals surface area contributed by atoms with Gasteiger partial charge >= 0.3 is 0 Å². The van der Waals surface area contributed by atoms with E-state index in [-0.39, 0.29) is 5.41 Å². The lowest BCUT2D eigenvalue weighted by Crippen LogP contribution is -2.15. The summed E-state index contributed by atoms with van der Waals surface area (Å²) in [7, 11) is 0. The van der Waals surface area contributed by atoms with Gasteiger partial charge in [0.2, 0.25) is 0 Å². The van der Waals surface area contributed by atoms with Crippen LogP contribution in [0.15, 0.2) is 18.2 Å². The minimum atomic E-state index is 0.230. The number of aryl methyl sites for hydroxylation is 1. The van der Waals surface area contributed by atoms with Gasteiger partial charge in [-0.2, -0.15) is 0 Å². The molecule has 0 aromatic heterocycles. The van der Waals surface area contributed by atoms with Crippen molar-refractivity contribution < 1.29 is 0 Å². The van der Waals surface area contributed by atoms with Crippen LogP contribution in [0.5, 0.6) is 0 Å². The maximum absolute atomic E-state index is 5.81. The first-order valence-electron chi connectivity index (χ1n) is 6.21. The molecule has 1 rings (SSSR count). The fourth-order valence-electron chi connectivity index (χ4n) is 2.11. The second-order valence-corrected chi connectivity index (χ2v) is 5.66. The summed E-state index contributed by atoms with van der Waals surface area (Å²) in [5.41, 5.74) is 10.2. The van der Waals surface area contributed by atoms with Gasteiger partial charge in [0.05, 0.1) is 0 Å². The summed E-state index contributed by atoms with van der Waals surface area (Å²) in [6.45, 7) is 11.9.